The van der Waals surface area contributed by atoms with Crippen molar-refractivity contribution in [3.63, 3.8) is 0 Å². The SMILES string of the molecule is O=C1NCc2ccc(cc2)CNC(=O)c2cccc(n2)C(=O)NCc2ccc(cc2)CNC(=O)c2cccc1n2.O=C1[C](c2ccc(N(Cc3ccccc3)Cc3ccccc3)cc2)C(=O)[C]1c1ccc(N(Cc2ccccc2)Cc2ccccc2)cc1. The number of nitrogens with zero attached hydrogens (tertiary/aromatic N) is 4. The number of amides is 4. The van der Waals surface area contributed by atoms with E-state index in [1.807, 2.05) is 121 Å². The highest BCUT2D eigenvalue weighted by molar-refractivity contribution is 6.49. The minimum absolute atomic E-state index is 0.137. The summed E-state index contributed by atoms with van der Waals surface area (Å²) in [6.07, 6.45) is 0. The molecule has 0 atom stereocenters. The number of carbonyl (C=O) groups excluding carboxylic acids is 6. The predicted octanol–water partition coefficient (Wildman–Crippen LogP) is 11.3. The molecule has 88 heavy (non-hydrogen) atoms. The molecule has 8 bridgehead atoms. The molecule has 1 saturated carbocycles. The van der Waals surface area contributed by atoms with Crippen molar-refractivity contribution in [3.8, 4) is 0 Å². The zero-order chi connectivity index (χ0) is 60.6. The highest BCUT2D eigenvalue weighted by atomic mass is 16.2. The number of hydrogen-bond donors (Lipinski definition) is 4. The Kier molecular flexibility index (Phi) is 18.8. The summed E-state index contributed by atoms with van der Waals surface area (Å²) in [6.45, 7) is 4.02. The molecular formula is C74H62N8O6. The van der Waals surface area contributed by atoms with Crippen LogP contribution in [0, 0.1) is 11.8 Å². The van der Waals surface area contributed by atoms with Crippen LogP contribution in [0.5, 0.6) is 0 Å². The van der Waals surface area contributed by atoms with Gasteiger partial charge in [-0.25, -0.2) is 9.97 Å². The van der Waals surface area contributed by atoms with Crippen molar-refractivity contribution in [2.75, 3.05) is 9.80 Å². The number of ketones is 2. The Morgan fingerprint density at radius 2 is 0.511 bits per heavy atom. The Labute approximate surface area is 511 Å². The first-order chi connectivity index (χ1) is 43.1. The van der Waals surface area contributed by atoms with Crippen LogP contribution in [-0.2, 0) is 61.9 Å². The zero-order valence-corrected chi connectivity index (χ0v) is 48.1. The van der Waals surface area contributed by atoms with E-state index in [4.69, 9.17) is 0 Å². The molecule has 14 nitrogen and oxygen atoms in total. The van der Waals surface area contributed by atoms with Gasteiger partial charge in [-0.05, 0) is 104 Å². The van der Waals surface area contributed by atoms with E-state index < -0.39 is 23.6 Å². The van der Waals surface area contributed by atoms with Crippen LogP contribution in [0.25, 0.3) is 0 Å². The van der Waals surface area contributed by atoms with Gasteiger partial charge in [0.2, 0.25) is 0 Å². The molecule has 15 rings (SSSR count). The van der Waals surface area contributed by atoms with Gasteiger partial charge in [-0.2, -0.15) is 0 Å². The van der Waals surface area contributed by atoms with Gasteiger partial charge in [-0.1, -0.05) is 206 Å². The zero-order valence-electron chi connectivity index (χ0n) is 48.1. The number of aromatic nitrogens is 2. The van der Waals surface area contributed by atoms with Crippen molar-refractivity contribution in [1.29, 1.82) is 0 Å². The van der Waals surface area contributed by atoms with Crippen LogP contribution in [0.15, 0.2) is 255 Å². The molecule has 4 N–H and O–H groups in total. The molecule has 4 aliphatic heterocycles. The summed E-state index contributed by atoms with van der Waals surface area (Å²) in [6, 6.07) is 81.4. The maximum Gasteiger partial charge on any atom is 0.270 e. The second-order valence-electron chi connectivity index (χ2n) is 21.3. The van der Waals surface area contributed by atoms with Crippen molar-refractivity contribution in [1.82, 2.24) is 31.2 Å². The number of benzene rings is 8. The Morgan fingerprint density at radius 3 is 0.750 bits per heavy atom. The molecular weight excluding hydrogens is 1100 g/mol. The Morgan fingerprint density at radius 1 is 0.273 bits per heavy atom. The fourth-order valence-corrected chi connectivity index (χ4v) is 10.3. The summed E-state index contributed by atoms with van der Waals surface area (Å²) < 4.78 is 0. The lowest BCUT2D eigenvalue weighted by molar-refractivity contribution is -0.129. The van der Waals surface area contributed by atoms with E-state index in [1.54, 1.807) is 36.4 Å². The average molecular weight is 1160 g/mol. The summed E-state index contributed by atoms with van der Waals surface area (Å²) in [5.41, 5.74) is 12.2. The Hall–Kier alpha value is -11.1. The molecule has 4 amide bonds. The smallest absolute Gasteiger partial charge is 0.270 e. The molecule has 0 spiro atoms. The lowest BCUT2D eigenvalue weighted by Crippen LogP contribution is -2.46. The van der Waals surface area contributed by atoms with Crippen LogP contribution >= 0.6 is 0 Å². The van der Waals surface area contributed by atoms with Gasteiger partial charge < -0.3 is 31.1 Å². The number of Topliss-reactive ketones (excluding diaryl/α,β-unsaturated/α-hetero) is 2. The third-order valence-corrected chi connectivity index (χ3v) is 15.1. The molecule has 0 unspecified atom stereocenters. The first-order valence-corrected chi connectivity index (χ1v) is 29.0. The molecule has 10 aromatic rings. The number of nitrogens with one attached hydrogen (secondary N) is 4. The number of anilines is 2. The highest BCUT2D eigenvalue weighted by Gasteiger charge is 2.52. The molecule has 0 saturated heterocycles. The number of rotatable bonds is 12. The van der Waals surface area contributed by atoms with Crippen LogP contribution in [0.2, 0.25) is 0 Å². The van der Waals surface area contributed by atoms with Crippen molar-refractivity contribution >= 4 is 46.6 Å². The first kappa shape index (κ1) is 58.6. The van der Waals surface area contributed by atoms with Gasteiger partial charge in [0.25, 0.3) is 23.6 Å². The number of pyridine rings is 2. The molecule has 14 heteroatoms. The maximum absolute atomic E-state index is 13.5. The second kappa shape index (κ2) is 28.2. The summed E-state index contributed by atoms with van der Waals surface area (Å²) in [7, 11) is 0. The van der Waals surface area contributed by atoms with E-state index in [0.29, 0.717) is 11.1 Å². The largest absolute Gasteiger partial charge is 0.363 e. The molecule has 5 aliphatic rings. The van der Waals surface area contributed by atoms with Gasteiger partial charge in [0, 0.05) is 63.7 Å². The first-order valence-electron chi connectivity index (χ1n) is 29.0. The van der Waals surface area contributed by atoms with E-state index >= 15 is 0 Å². The lowest BCUT2D eigenvalue weighted by Gasteiger charge is -2.32. The minimum atomic E-state index is -0.398. The molecule has 2 aromatic heterocycles. The van der Waals surface area contributed by atoms with Gasteiger partial charge in [0.1, 0.15) is 34.6 Å². The van der Waals surface area contributed by atoms with E-state index in [0.717, 1.165) is 59.8 Å². The molecule has 1 fully saturated rings. The molecule has 8 aromatic carbocycles. The Bertz CT molecular complexity index is 3570. The van der Waals surface area contributed by atoms with Crippen LogP contribution in [0.4, 0.5) is 11.4 Å². The van der Waals surface area contributed by atoms with Crippen LogP contribution in [-0.4, -0.2) is 45.2 Å². The lowest BCUT2D eigenvalue weighted by atomic mass is 9.66. The van der Waals surface area contributed by atoms with Crippen molar-refractivity contribution in [3.05, 3.63) is 345 Å². The minimum Gasteiger partial charge on any atom is -0.363 e. The Balaban J connectivity index is 0.000000185. The van der Waals surface area contributed by atoms with Crippen LogP contribution in [0.3, 0.4) is 0 Å². The maximum atomic E-state index is 13.5. The monoisotopic (exact) mass is 1160 g/mol. The molecule has 1 aliphatic carbocycles. The summed E-state index contributed by atoms with van der Waals surface area (Å²) in [5.74, 6) is -1.47. The average Bonchev–Trinajstić information content (AvgIpc) is 0.921. The fourth-order valence-electron chi connectivity index (χ4n) is 10.3. The fraction of sp³-hybridized carbons (Fsp3) is 0.108. The number of hydrogen-bond acceptors (Lipinski definition) is 10. The van der Waals surface area contributed by atoms with Crippen LogP contribution < -0.4 is 31.1 Å². The van der Waals surface area contributed by atoms with Gasteiger partial charge in [-0.15, -0.1) is 0 Å². The van der Waals surface area contributed by atoms with Gasteiger partial charge in [0.05, 0.1) is 0 Å². The third-order valence-electron chi connectivity index (χ3n) is 15.1. The van der Waals surface area contributed by atoms with Crippen molar-refractivity contribution < 1.29 is 28.8 Å². The second-order valence-corrected chi connectivity index (χ2v) is 21.3. The third kappa shape index (κ3) is 15.0. The van der Waals surface area contributed by atoms with Crippen LogP contribution in [0.1, 0.15) is 97.6 Å². The van der Waals surface area contributed by atoms with E-state index in [9.17, 15) is 28.8 Å². The standard InChI is InChI=1S/C44H36N2O2.C30H26N6O4/c47-43-41(37-21-25-39(26-22-37)45(29-33-13-5-1-6-14-33)30-34-15-7-2-8-16-34)44(48)42(43)38-23-27-40(28-24-38)46(31-35-17-9-3-10-18-35)32-36-19-11-4-12-20-36;37-27-23-3-1-4-24(35-23)28(38)32-16-20-9-13-22(14-10-20)18-34-30(40)26-6-2-5-25(36-26)29(39)33-17-21-11-7-19(8-12-21)15-31-27/h1-28H,29-32H2;1-14H,15-18H2,(H,31,37)(H,32,38)(H,33,39)(H,34,40). The van der Waals surface area contributed by atoms with E-state index in [2.05, 4.69) is 138 Å². The molecule has 434 valence electrons. The van der Waals surface area contributed by atoms with E-state index in [1.165, 1.54) is 22.3 Å². The summed E-state index contributed by atoms with van der Waals surface area (Å²) in [4.78, 5) is 90.7. The molecule has 6 heterocycles. The quantitative estimate of drug-likeness (QED) is 0.0918. The summed E-state index contributed by atoms with van der Waals surface area (Å²) in [5, 5.41) is 11.2. The van der Waals surface area contributed by atoms with Gasteiger partial charge >= 0.3 is 0 Å². The molecule has 2 radical (unpaired) electrons. The van der Waals surface area contributed by atoms with Gasteiger partial charge in [0.15, 0.2) is 11.6 Å². The van der Waals surface area contributed by atoms with Crippen molar-refractivity contribution in [2.24, 2.45) is 0 Å². The van der Waals surface area contributed by atoms with E-state index in [-0.39, 0.29) is 72.4 Å². The summed E-state index contributed by atoms with van der Waals surface area (Å²) >= 11 is 0. The highest BCUT2D eigenvalue weighted by Crippen LogP contribution is 2.40. The van der Waals surface area contributed by atoms with Crippen molar-refractivity contribution in [2.45, 2.75) is 52.4 Å². The topological polar surface area (TPSA) is 183 Å². The predicted molar refractivity (Wildman–Crippen MR) is 339 cm³/mol. The van der Waals surface area contributed by atoms with Gasteiger partial charge in [-0.3, -0.25) is 28.8 Å². The number of carbonyl (C=O) groups is 6. The normalized spacial score (nSPS) is 13.9.